The highest BCUT2D eigenvalue weighted by molar-refractivity contribution is 5.96. The molecule has 0 saturated heterocycles. The molecule has 39 heavy (non-hydrogen) atoms. The van der Waals surface area contributed by atoms with Gasteiger partial charge in [-0.2, -0.15) is 0 Å². The maximum absolute atomic E-state index is 12.3. The fourth-order valence-corrected chi connectivity index (χ4v) is 3.82. The normalized spacial score (nSPS) is 10.3. The highest BCUT2D eigenvalue weighted by atomic mass is 16.2. The van der Waals surface area contributed by atoms with Gasteiger partial charge in [0.1, 0.15) is 0 Å². The zero-order valence-electron chi connectivity index (χ0n) is 21.1. The van der Waals surface area contributed by atoms with Gasteiger partial charge in [-0.15, -0.1) is 0 Å². The van der Waals surface area contributed by atoms with E-state index in [-0.39, 0.29) is 19.3 Å². The zero-order chi connectivity index (χ0) is 27.5. The molecule has 8 heteroatoms. The van der Waals surface area contributed by atoms with Crippen LogP contribution in [0.25, 0.3) is 22.3 Å². The van der Waals surface area contributed by atoms with Gasteiger partial charge in [0.05, 0.1) is 0 Å². The van der Waals surface area contributed by atoms with Crippen molar-refractivity contribution in [2.75, 3.05) is 0 Å². The molecule has 4 aromatic carbocycles. The quantitative estimate of drug-likeness (QED) is 0.258. The molecule has 0 aromatic heterocycles. The van der Waals surface area contributed by atoms with Crippen LogP contribution in [0.5, 0.6) is 0 Å². The van der Waals surface area contributed by atoms with Gasteiger partial charge in [-0.25, -0.2) is 0 Å². The highest BCUT2D eigenvalue weighted by Gasteiger charge is 2.11. The van der Waals surface area contributed by atoms with Crippen molar-refractivity contribution < 1.29 is 19.2 Å². The fourth-order valence-electron chi connectivity index (χ4n) is 3.82. The Morgan fingerprint density at radius 2 is 0.744 bits per heavy atom. The van der Waals surface area contributed by atoms with Gasteiger partial charge in [0.25, 0.3) is 11.8 Å². The maximum Gasteiger partial charge on any atom is 0.269 e. The second-order valence-corrected chi connectivity index (χ2v) is 8.74. The molecule has 0 aliphatic heterocycles. The summed E-state index contributed by atoms with van der Waals surface area (Å²) in [5, 5.41) is 0. The first-order chi connectivity index (χ1) is 19.0. The van der Waals surface area contributed by atoms with Gasteiger partial charge in [-0.05, 0) is 52.9 Å². The average Bonchev–Trinajstić information content (AvgIpc) is 2.99. The Labute approximate surface area is 226 Å². The first kappa shape index (κ1) is 26.8. The third-order valence-electron chi connectivity index (χ3n) is 5.95. The number of amides is 4. The lowest BCUT2D eigenvalue weighted by Gasteiger charge is -2.09. The number of benzene rings is 4. The van der Waals surface area contributed by atoms with E-state index in [0.29, 0.717) is 11.1 Å². The van der Waals surface area contributed by atoms with Gasteiger partial charge < -0.3 is 0 Å². The lowest BCUT2D eigenvalue weighted by atomic mass is 10.0. The summed E-state index contributed by atoms with van der Waals surface area (Å²) in [5.74, 6) is -1.75. The highest BCUT2D eigenvalue weighted by Crippen LogP contribution is 2.20. The number of hydrogen-bond donors (Lipinski definition) is 4. The molecule has 0 heterocycles. The van der Waals surface area contributed by atoms with Gasteiger partial charge in [0, 0.05) is 24.0 Å². The summed E-state index contributed by atoms with van der Waals surface area (Å²) >= 11 is 0. The molecule has 4 amide bonds. The van der Waals surface area contributed by atoms with Crippen molar-refractivity contribution in [1.29, 1.82) is 0 Å². The lowest BCUT2D eigenvalue weighted by Crippen LogP contribution is -2.42. The SMILES string of the molecule is O=C(CCCC(=O)NNC(=O)c1ccc(-c2ccccc2)cc1)NNC(=O)c1ccc(-c2ccccc2)cc1. The number of nitrogens with one attached hydrogen (secondary N) is 4. The van der Waals surface area contributed by atoms with Gasteiger partial charge in [-0.1, -0.05) is 84.9 Å². The monoisotopic (exact) mass is 520 g/mol. The van der Waals surface area contributed by atoms with Crippen LogP contribution in [0.15, 0.2) is 109 Å². The first-order valence-electron chi connectivity index (χ1n) is 12.5. The van der Waals surface area contributed by atoms with E-state index in [0.717, 1.165) is 22.3 Å². The fraction of sp³-hybridized carbons (Fsp3) is 0.0968. The Morgan fingerprint density at radius 3 is 1.10 bits per heavy atom. The Morgan fingerprint density at radius 1 is 0.410 bits per heavy atom. The molecule has 0 bridgehead atoms. The van der Waals surface area contributed by atoms with Crippen LogP contribution in [0.4, 0.5) is 0 Å². The van der Waals surface area contributed by atoms with Crippen LogP contribution in [0.3, 0.4) is 0 Å². The molecule has 4 aromatic rings. The van der Waals surface area contributed by atoms with Crippen molar-refractivity contribution in [3.05, 3.63) is 120 Å². The molecule has 0 spiro atoms. The molecule has 0 aliphatic carbocycles. The third-order valence-corrected chi connectivity index (χ3v) is 5.95. The summed E-state index contributed by atoms with van der Waals surface area (Å²) in [6.45, 7) is 0. The molecule has 0 radical (unpaired) electrons. The number of carbonyl (C=O) groups excluding carboxylic acids is 4. The maximum atomic E-state index is 12.3. The van der Waals surface area contributed by atoms with Crippen LogP contribution < -0.4 is 21.7 Å². The van der Waals surface area contributed by atoms with Gasteiger partial charge in [0.15, 0.2) is 0 Å². The number of hydrazine groups is 2. The van der Waals surface area contributed by atoms with E-state index in [2.05, 4.69) is 21.7 Å². The predicted octanol–water partition coefficient (Wildman–Crippen LogP) is 4.41. The predicted molar refractivity (Wildman–Crippen MR) is 149 cm³/mol. The minimum atomic E-state index is -0.444. The smallest absolute Gasteiger partial charge is 0.269 e. The van der Waals surface area contributed by atoms with E-state index in [1.54, 1.807) is 24.3 Å². The lowest BCUT2D eigenvalue weighted by molar-refractivity contribution is -0.123. The molecule has 4 rings (SSSR count). The second kappa shape index (κ2) is 13.3. The van der Waals surface area contributed by atoms with Crippen molar-refractivity contribution in [1.82, 2.24) is 21.7 Å². The molecule has 0 aliphatic rings. The second-order valence-electron chi connectivity index (χ2n) is 8.74. The summed E-state index contributed by atoms with van der Waals surface area (Å²) in [5.41, 5.74) is 14.3. The molecule has 4 N–H and O–H groups in total. The van der Waals surface area contributed by atoms with E-state index >= 15 is 0 Å². The van der Waals surface area contributed by atoms with Gasteiger partial charge in [-0.3, -0.25) is 40.9 Å². The van der Waals surface area contributed by atoms with Crippen LogP contribution in [0.2, 0.25) is 0 Å². The number of hydrogen-bond acceptors (Lipinski definition) is 4. The molecule has 0 atom stereocenters. The Bertz CT molecular complexity index is 1310. The molecule has 196 valence electrons. The molecule has 0 fully saturated rings. The summed E-state index contributed by atoms with van der Waals surface area (Å²) in [7, 11) is 0. The topological polar surface area (TPSA) is 116 Å². The standard InChI is InChI=1S/C31H28N4O4/c36-28(32-34-30(38)26-18-14-24(15-19-26)22-8-3-1-4-9-22)12-7-13-29(37)33-35-31(39)27-20-16-25(17-21-27)23-10-5-2-6-11-23/h1-6,8-11,14-21H,7,12-13H2,(H,32,36)(H,33,37)(H,34,38)(H,35,39). The van der Waals surface area contributed by atoms with E-state index in [9.17, 15) is 19.2 Å². The third kappa shape index (κ3) is 7.87. The van der Waals surface area contributed by atoms with E-state index < -0.39 is 23.6 Å². The summed E-state index contributed by atoms with van der Waals surface area (Å²) in [4.78, 5) is 48.7. The molecular weight excluding hydrogens is 492 g/mol. The summed E-state index contributed by atoms with van der Waals surface area (Å²) in [6.07, 6.45) is 0.284. The van der Waals surface area contributed by atoms with E-state index in [1.165, 1.54) is 0 Å². The minimum Gasteiger partial charge on any atom is -0.273 e. The van der Waals surface area contributed by atoms with Gasteiger partial charge in [0.2, 0.25) is 11.8 Å². The average molecular weight is 521 g/mol. The van der Waals surface area contributed by atoms with Crippen LogP contribution >= 0.6 is 0 Å². The van der Waals surface area contributed by atoms with Crippen molar-refractivity contribution >= 4 is 23.6 Å². The van der Waals surface area contributed by atoms with Crippen LogP contribution in [-0.2, 0) is 9.59 Å². The molecular formula is C31H28N4O4. The number of carbonyl (C=O) groups is 4. The van der Waals surface area contributed by atoms with Crippen LogP contribution in [0.1, 0.15) is 40.0 Å². The Hall–Kier alpha value is -5.24. The van der Waals surface area contributed by atoms with Crippen molar-refractivity contribution in [3.63, 3.8) is 0 Å². The van der Waals surface area contributed by atoms with Gasteiger partial charge >= 0.3 is 0 Å². The van der Waals surface area contributed by atoms with Crippen LogP contribution in [0, 0.1) is 0 Å². The summed E-state index contributed by atoms with van der Waals surface area (Å²) in [6, 6.07) is 33.6. The number of rotatable bonds is 8. The first-order valence-corrected chi connectivity index (χ1v) is 12.5. The van der Waals surface area contributed by atoms with Crippen molar-refractivity contribution in [3.8, 4) is 22.3 Å². The summed E-state index contributed by atoms with van der Waals surface area (Å²) < 4.78 is 0. The minimum absolute atomic E-state index is 0.0234. The van der Waals surface area contributed by atoms with Crippen molar-refractivity contribution in [2.45, 2.75) is 19.3 Å². The zero-order valence-corrected chi connectivity index (χ0v) is 21.1. The van der Waals surface area contributed by atoms with E-state index in [4.69, 9.17) is 0 Å². The van der Waals surface area contributed by atoms with E-state index in [1.807, 2.05) is 84.9 Å². The Kier molecular flexibility index (Phi) is 9.18. The molecule has 0 saturated carbocycles. The van der Waals surface area contributed by atoms with Crippen molar-refractivity contribution in [2.24, 2.45) is 0 Å². The molecule has 0 unspecified atom stereocenters. The largest absolute Gasteiger partial charge is 0.273 e. The Balaban J connectivity index is 1.12. The molecule has 8 nitrogen and oxygen atoms in total. The van der Waals surface area contributed by atoms with Crippen LogP contribution in [-0.4, -0.2) is 23.6 Å².